The summed E-state index contributed by atoms with van der Waals surface area (Å²) in [6, 6.07) is 6.46. The molecule has 0 aliphatic rings. The Kier molecular flexibility index (Phi) is 7.24. The van der Waals surface area contributed by atoms with Crippen LogP contribution in [0.3, 0.4) is 0 Å². The molecule has 1 N–H and O–H groups in total. The van der Waals surface area contributed by atoms with E-state index in [0.29, 0.717) is 5.92 Å². The maximum atomic E-state index is 5.85. The van der Waals surface area contributed by atoms with E-state index in [0.717, 1.165) is 25.3 Å². The van der Waals surface area contributed by atoms with E-state index in [9.17, 15) is 0 Å². The number of ether oxygens (including phenoxy) is 1. The Morgan fingerprint density at radius 3 is 2.38 bits per heavy atom. The normalized spacial score (nSPS) is 12.0. The average molecular weight is 291 g/mol. The third-order valence-corrected chi connectivity index (χ3v) is 3.61. The highest BCUT2D eigenvalue weighted by molar-refractivity contribution is 5.36. The summed E-state index contributed by atoms with van der Waals surface area (Å²) in [5.41, 5.74) is 2.97. The maximum Gasteiger partial charge on any atom is 0.119 e. The van der Waals surface area contributed by atoms with Gasteiger partial charge in [-0.3, -0.25) is 0 Å². The number of rotatable bonds is 8. The van der Waals surface area contributed by atoms with Gasteiger partial charge in [0.15, 0.2) is 0 Å². The molecule has 1 aromatic rings. The molecule has 120 valence electrons. The smallest absolute Gasteiger partial charge is 0.119 e. The van der Waals surface area contributed by atoms with Crippen LogP contribution < -0.4 is 10.1 Å². The lowest BCUT2D eigenvalue weighted by Gasteiger charge is -2.20. The third kappa shape index (κ3) is 7.52. The highest BCUT2D eigenvalue weighted by Gasteiger charge is 2.07. The van der Waals surface area contributed by atoms with Crippen molar-refractivity contribution in [1.29, 1.82) is 0 Å². The summed E-state index contributed by atoms with van der Waals surface area (Å²) < 4.78 is 5.85. The van der Waals surface area contributed by atoms with Crippen molar-refractivity contribution in [2.75, 3.05) is 13.2 Å². The number of unbranched alkanes of at least 4 members (excludes halogenated alkanes) is 2. The lowest BCUT2D eigenvalue weighted by atomic mass is 9.98. The van der Waals surface area contributed by atoms with Gasteiger partial charge in [-0.05, 0) is 82.7 Å². The van der Waals surface area contributed by atoms with Crippen LogP contribution >= 0.6 is 0 Å². The summed E-state index contributed by atoms with van der Waals surface area (Å²) in [5.74, 6) is 1.58. The lowest BCUT2D eigenvalue weighted by Crippen LogP contribution is -2.36. The summed E-state index contributed by atoms with van der Waals surface area (Å²) in [5, 5.41) is 3.51. The highest BCUT2D eigenvalue weighted by atomic mass is 16.5. The molecule has 0 spiro atoms. The van der Waals surface area contributed by atoms with Gasteiger partial charge < -0.3 is 10.1 Å². The molecule has 0 saturated carbocycles. The summed E-state index contributed by atoms with van der Waals surface area (Å²) in [6.07, 6.45) is 3.55. The van der Waals surface area contributed by atoms with Gasteiger partial charge in [0.25, 0.3) is 0 Å². The molecule has 0 aliphatic heterocycles. The van der Waals surface area contributed by atoms with Gasteiger partial charge in [0.1, 0.15) is 5.75 Å². The minimum Gasteiger partial charge on any atom is -0.494 e. The van der Waals surface area contributed by atoms with Gasteiger partial charge in [-0.2, -0.15) is 0 Å². The molecule has 1 rings (SSSR count). The van der Waals surface area contributed by atoms with Crippen molar-refractivity contribution in [3.8, 4) is 5.75 Å². The molecule has 0 radical (unpaired) electrons. The molecule has 0 bridgehead atoms. The van der Waals surface area contributed by atoms with E-state index < -0.39 is 0 Å². The molecule has 0 fully saturated rings. The van der Waals surface area contributed by atoms with Gasteiger partial charge in [0, 0.05) is 5.54 Å². The predicted octanol–water partition coefficient (Wildman–Crippen LogP) is 5.06. The minimum absolute atomic E-state index is 0.228. The van der Waals surface area contributed by atoms with Gasteiger partial charge >= 0.3 is 0 Å². The average Bonchev–Trinajstić information content (AvgIpc) is 2.36. The van der Waals surface area contributed by atoms with E-state index in [4.69, 9.17) is 4.74 Å². The van der Waals surface area contributed by atoms with Gasteiger partial charge in [-0.25, -0.2) is 0 Å². The Labute approximate surface area is 131 Å². The van der Waals surface area contributed by atoms with Crippen molar-refractivity contribution in [2.45, 2.75) is 72.3 Å². The van der Waals surface area contributed by atoms with Gasteiger partial charge in [0.05, 0.1) is 6.61 Å². The fourth-order valence-corrected chi connectivity index (χ4v) is 2.44. The number of aryl methyl sites for hydroxylation is 1. The quantitative estimate of drug-likeness (QED) is 0.676. The summed E-state index contributed by atoms with van der Waals surface area (Å²) in [7, 11) is 0. The zero-order valence-corrected chi connectivity index (χ0v) is 14.8. The second-order valence-electron chi connectivity index (χ2n) is 7.26. The molecule has 2 heteroatoms. The maximum absolute atomic E-state index is 5.85. The highest BCUT2D eigenvalue weighted by Crippen LogP contribution is 2.23. The van der Waals surface area contributed by atoms with E-state index in [1.807, 2.05) is 0 Å². The number of benzene rings is 1. The Morgan fingerprint density at radius 1 is 1.10 bits per heavy atom. The van der Waals surface area contributed by atoms with Crippen molar-refractivity contribution >= 4 is 0 Å². The molecule has 21 heavy (non-hydrogen) atoms. The van der Waals surface area contributed by atoms with Crippen LogP contribution in [0, 0.1) is 6.92 Å². The fraction of sp³-hybridized carbons (Fsp3) is 0.684. The molecule has 0 aliphatic carbocycles. The minimum atomic E-state index is 0.228. The van der Waals surface area contributed by atoms with Gasteiger partial charge in [0.2, 0.25) is 0 Å². The largest absolute Gasteiger partial charge is 0.494 e. The molecule has 0 unspecified atom stereocenters. The van der Waals surface area contributed by atoms with Crippen LogP contribution in [0.4, 0.5) is 0 Å². The van der Waals surface area contributed by atoms with Crippen molar-refractivity contribution in [3.05, 3.63) is 29.3 Å². The van der Waals surface area contributed by atoms with Crippen LogP contribution in [-0.4, -0.2) is 18.7 Å². The number of nitrogens with one attached hydrogen (secondary N) is 1. The zero-order chi connectivity index (χ0) is 15.9. The fourth-order valence-electron chi connectivity index (χ4n) is 2.44. The van der Waals surface area contributed by atoms with E-state index in [2.05, 4.69) is 65.1 Å². The molecule has 1 aromatic carbocycles. The molecule has 0 aromatic heterocycles. The molecular weight excluding hydrogens is 258 g/mol. The second kappa shape index (κ2) is 8.43. The van der Waals surface area contributed by atoms with Gasteiger partial charge in [-0.1, -0.05) is 19.9 Å². The number of hydrogen-bond acceptors (Lipinski definition) is 2. The van der Waals surface area contributed by atoms with Crippen LogP contribution in [0.1, 0.15) is 70.9 Å². The topological polar surface area (TPSA) is 21.3 Å². The van der Waals surface area contributed by atoms with Gasteiger partial charge in [-0.15, -0.1) is 0 Å². The Hall–Kier alpha value is -1.02. The first-order chi connectivity index (χ1) is 9.79. The monoisotopic (exact) mass is 291 g/mol. The van der Waals surface area contributed by atoms with Crippen LogP contribution in [0.25, 0.3) is 0 Å². The third-order valence-electron chi connectivity index (χ3n) is 3.61. The lowest BCUT2D eigenvalue weighted by molar-refractivity contribution is 0.303. The van der Waals surface area contributed by atoms with Crippen molar-refractivity contribution in [2.24, 2.45) is 0 Å². The predicted molar refractivity (Wildman–Crippen MR) is 92.4 cm³/mol. The Balaban J connectivity index is 2.20. The first-order valence-corrected chi connectivity index (χ1v) is 8.28. The van der Waals surface area contributed by atoms with E-state index >= 15 is 0 Å². The summed E-state index contributed by atoms with van der Waals surface area (Å²) in [6.45, 7) is 15.2. The SMILES string of the molecule is Cc1cc(OCCCCCNC(C)(C)C)ccc1C(C)C. The second-order valence-corrected chi connectivity index (χ2v) is 7.26. The Morgan fingerprint density at radius 2 is 1.81 bits per heavy atom. The molecular formula is C19H33NO. The molecule has 0 amide bonds. The summed E-state index contributed by atoms with van der Waals surface area (Å²) >= 11 is 0. The molecule has 0 saturated heterocycles. The van der Waals surface area contributed by atoms with E-state index in [1.54, 1.807) is 0 Å². The van der Waals surface area contributed by atoms with Crippen LogP contribution in [0.15, 0.2) is 18.2 Å². The molecule has 0 heterocycles. The standard InChI is InChI=1S/C19H33NO/c1-15(2)18-11-10-17(14-16(18)3)21-13-9-7-8-12-20-19(4,5)6/h10-11,14-15,20H,7-9,12-13H2,1-6H3. The van der Waals surface area contributed by atoms with Crippen LogP contribution in [0.5, 0.6) is 5.75 Å². The Bertz CT molecular complexity index is 418. The van der Waals surface area contributed by atoms with Crippen LogP contribution in [0.2, 0.25) is 0 Å². The van der Waals surface area contributed by atoms with Crippen molar-refractivity contribution in [1.82, 2.24) is 5.32 Å². The number of hydrogen-bond donors (Lipinski definition) is 1. The zero-order valence-electron chi connectivity index (χ0n) is 14.8. The van der Waals surface area contributed by atoms with Crippen LogP contribution in [-0.2, 0) is 0 Å². The van der Waals surface area contributed by atoms with E-state index in [-0.39, 0.29) is 5.54 Å². The summed E-state index contributed by atoms with van der Waals surface area (Å²) in [4.78, 5) is 0. The first kappa shape index (κ1) is 18.0. The van der Waals surface area contributed by atoms with Crippen molar-refractivity contribution in [3.63, 3.8) is 0 Å². The van der Waals surface area contributed by atoms with E-state index in [1.165, 1.54) is 24.0 Å². The van der Waals surface area contributed by atoms with Crippen molar-refractivity contribution < 1.29 is 4.74 Å². The first-order valence-electron chi connectivity index (χ1n) is 8.28. The molecule has 2 nitrogen and oxygen atoms in total. The molecule has 0 atom stereocenters.